The lowest BCUT2D eigenvalue weighted by Crippen LogP contribution is -2.05. The van der Waals surface area contributed by atoms with Gasteiger partial charge in [0.2, 0.25) is 0 Å². The molecule has 0 heterocycles. The second-order valence-electron chi connectivity index (χ2n) is 5.81. The van der Waals surface area contributed by atoms with Crippen molar-refractivity contribution in [3.8, 4) is 0 Å². The van der Waals surface area contributed by atoms with Crippen LogP contribution in [-0.4, -0.2) is 5.71 Å². The number of rotatable bonds is 3. The molecule has 0 bridgehead atoms. The molecule has 4 rings (SSSR count). The van der Waals surface area contributed by atoms with E-state index in [0.29, 0.717) is 5.71 Å². The van der Waals surface area contributed by atoms with E-state index in [9.17, 15) is 0 Å². The number of allylic oxidation sites excluding steroid dienone is 4. The molecule has 0 aromatic heterocycles. The third kappa shape index (κ3) is 2.51. The van der Waals surface area contributed by atoms with E-state index in [1.54, 1.807) is 0 Å². The van der Waals surface area contributed by atoms with Crippen molar-refractivity contribution in [3.63, 3.8) is 0 Å². The molecule has 0 amide bonds. The molecule has 3 aromatic carbocycles. The van der Waals surface area contributed by atoms with Crippen molar-refractivity contribution in [2.45, 2.75) is 6.42 Å². The average Bonchev–Trinajstić information content (AvgIpc) is 3.15. The second-order valence-corrected chi connectivity index (χ2v) is 5.81. The smallest absolute Gasteiger partial charge is 0.0690 e. The topological polar surface area (TPSA) is 23.9 Å². The van der Waals surface area contributed by atoms with Gasteiger partial charge in [0, 0.05) is 11.1 Å². The van der Waals surface area contributed by atoms with Crippen molar-refractivity contribution in [2.24, 2.45) is 0 Å². The lowest BCUT2D eigenvalue weighted by molar-refractivity contribution is 1.40. The van der Waals surface area contributed by atoms with E-state index in [2.05, 4.69) is 48.6 Å². The molecule has 0 saturated heterocycles. The minimum absolute atomic E-state index is 0.583. The SMILES string of the molecule is N=C(c1ccccc1)c1cc2ccccc2cc1C1=CC=CC1. The van der Waals surface area contributed by atoms with Gasteiger partial charge in [0.15, 0.2) is 0 Å². The number of nitrogens with one attached hydrogen (secondary N) is 1. The predicted octanol–water partition coefficient (Wildman–Crippen LogP) is 5.60. The molecule has 0 spiro atoms. The van der Waals surface area contributed by atoms with Crippen LogP contribution >= 0.6 is 0 Å². The minimum atomic E-state index is 0.583. The Kier molecular flexibility index (Phi) is 3.39. The van der Waals surface area contributed by atoms with Gasteiger partial charge in [0.05, 0.1) is 5.71 Å². The van der Waals surface area contributed by atoms with Gasteiger partial charge in [-0.2, -0.15) is 0 Å². The zero-order valence-electron chi connectivity index (χ0n) is 12.8. The number of hydrogen-bond acceptors (Lipinski definition) is 1. The zero-order chi connectivity index (χ0) is 15.6. The summed E-state index contributed by atoms with van der Waals surface area (Å²) in [6, 6.07) is 22.7. The minimum Gasteiger partial charge on any atom is -0.300 e. The predicted molar refractivity (Wildman–Crippen MR) is 98.1 cm³/mol. The molecule has 1 aliphatic rings. The summed E-state index contributed by atoms with van der Waals surface area (Å²) >= 11 is 0. The van der Waals surface area contributed by atoms with E-state index in [1.165, 1.54) is 21.9 Å². The van der Waals surface area contributed by atoms with Crippen LogP contribution in [0, 0.1) is 5.41 Å². The standard InChI is InChI=1S/C22H17N/c23-22(17-10-2-1-3-11-17)21-15-19-13-7-6-12-18(19)14-20(21)16-8-4-5-9-16/h1-8,10-15,23H,9H2. The van der Waals surface area contributed by atoms with Crippen LogP contribution in [0.15, 0.2) is 85.0 Å². The largest absolute Gasteiger partial charge is 0.300 e. The van der Waals surface area contributed by atoms with E-state index in [0.717, 1.165) is 17.5 Å². The molecule has 0 radical (unpaired) electrons. The Bertz CT molecular complexity index is 946. The monoisotopic (exact) mass is 295 g/mol. The Morgan fingerprint density at radius 3 is 2.22 bits per heavy atom. The maximum absolute atomic E-state index is 8.70. The summed E-state index contributed by atoms with van der Waals surface area (Å²) < 4.78 is 0. The first-order valence-electron chi connectivity index (χ1n) is 7.86. The van der Waals surface area contributed by atoms with E-state index < -0.39 is 0 Å². The lowest BCUT2D eigenvalue weighted by atomic mass is 9.90. The van der Waals surface area contributed by atoms with Crippen molar-refractivity contribution in [2.75, 3.05) is 0 Å². The highest BCUT2D eigenvalue weighted by Crippen LogP contribution is 2.31. The van der Waals surface area contributed by atoms with Crippen LogP contribution < -0.4 is 0 Å². The van der Waals surface area contributed by atoms with E-state index in [1.807, 2.05) is 36.4 Å². The molecular formula is C22H17N. The van der Waals surface area contributed by atoms with E-state index >= 15 is 0 Å². The highest BCUT2D eigenvalue weighted by molar-refractivity contribution is 6.15. The van der Waals surface area contributed by atoms with E-state index in [4.69, 9.17) is 5.41 Å². The molecule has 0 unspecified atom stereocenters. The van der Waals surface area contributed by atoms with Crippen LogP contribution in [0.3, 0.4) is 0 Å². The summed E-state index contributed by atoms with van der Waals surface area (Å²) in [6.07, 6.45) is 7.36. The van der Waals surface area contributed by atoms with Gasteiger partial charge in [0.1, 0.15) is 0 Å². The maximum Gasteiger partial charge on any atom is 0.0690 e. The summed E-state index contributed by atoms with van der Waals surface area (Å²) in [4.78, 5) is 0. The van der Waals surface area contributed by atoms with E-state index in [-0.39, 0.29) is 0 Å². The normalized spacial score (nSPS) is 13.3. The highest BCUT2D eigenvalue weighted by atomic mass is 14.4. The first kappa shape index (κ1) is 13.7. The van der Waals surface area contributed by atoms with Crippen molar-refractivity contribution in [1.29, 1.82) is 5.41 Å². The van der Waals surface area contributed by atoms with Crippen LogP contribution in [0.25, 0.3) is 16.3 Å². The molecule has 1 heteroatoms. The molecule has 1 N–H and O–H groups in total. The summed E-state index contributed by atoms with van der Waals surface area (Å²) in [5.74, 6) is 0. The Balaban J connectivity index is 1.93. The van der Waals surface area contributed by atoms with Crippen LogP contribution in [0.1, 0.15) is 23.1 Å². The molecule has 0 saturated carbocycles. The maximum atomic E-state index is 8.70. The Labute approximate surface area is 136 Å². The van der Waals surface area contributed by atoms with Gasteiger partial charge >= 0.3 is 0 Å². The van der Waals surface area contributed by atoms with Gasteiger partial charge in [-0.25, -0.2) is 0 Å². The highest BCUT2D eigenvalue weighted by Gasteiger charge is 2.15. The summed E-state index contributed by atoms with van der Waals surface area (Å²) in [5, 5.41) is 11.1. The molecule has 1 nitrogen and oxygen atoms in total. The Morgan fingerprint density at radius 2 is 1.52 bits per heavy atom. The van der Waals surface area contributed by atoms with Crippen LogP contribution in [0.5, 0.6) is 0 Å². The van der Waals surface area contributed by atoms with Crippen LogP contribution in [0.2, 0.25) is 0 Å². The number of benzene rings is 3. The van der Waals surface area contributed by atoms with Crippen molar-refractivity contribution < 1.29 is 0 Å². The quantitative estimate of drug-likeness (QED) is 0.608. The van der Waals surface area contributed by atoms with Gasteiger partial charge in [-0.1, -0.05) is 72.8 Å². The average molecular weight is 295 g/mol. The zero-order valence-corrected chi connectivity index (χ0v) is 12.8. The molecular weight excluding hydrogens is 278 g/mol. The lowest BCUT2D eigenvalue weighted by Gasteiger charge is -2.14. The molecule has 1 aliphatic carbocycles. The summed E-state index contributed by atoms with van der Waals surface area (Å²) in [5.41, 5.74) is 4.99. The van der Waals surface area contributed by atoms with Crippen molar-refractivity contribution in [1.82, 2.24) is 0 Å². The van der Waals surface area contributed by atoms with Crippen LogP contribution in [0.4, 0.5) is 0 Å². The first-order valence-corrected chi connectivity index (χ1v) is 7.86. The third-order valence-electron chi connectivity index (χ3n) is 4.33. The fraction of sp³-hybridized carbons (Fsp3) is 0.0455. The molecule has 0 aliphatic heterocycles. The van der Waals surface area contributed by atoms with Gasteiger partial charge < -0.3 is 0 Å². The molecule has 23 heavy (non-hydrogen) atoms. The van der Waals surface area contributed by atoms with Gasteiger partial charge in [-0.3, -0.25) is 5.41 Å². The molecule has 0 fully saturated rings. The number of fused-ring (bicyclic) bond motifs is 1. The first-order chi connectivity index (χ1) is 11.3. The fourth-order valence-electron chi connectivity index (χ4n) is 3.12. The van der Waals surface area contributed by atoms with Crippen LogP contribution in [-0.2, 0) is 0 Å². The van der Waals surface area contributed by atoms with Gasteiger partial charge in [-0.05, 0) is 40.5 Å². The molecule has 3 aromatic rings. The van der Waals surface area contributed by atoms with Crippen molar-refractivity contribution in [3.05, 3.63) is 102 Å². The number of hydrogen-bond donors (Lipinski definition) is 1. The van der Waals surface area contributed by atoms with Gasteiger partial charge in [-0.15, -0.1) is 0 Å². The third-order valence-corrected chi connectivity index (χ3v) is 4.33. The summed E-state index contributed by atoms with van der Waals surface area (Å²) in [7, 11) is 0. The summed E-state index contributed by atoms with van der Waals surface area (Å²) in [6.45, 7) is 0. The Hall–Kier alpha value is -2.93. The second kappa shape index (κ2) is 5.69. The fourth-order valence-corrected chi connectivity index (χ4v) is 3.12. The molecule has 110 valence electrons. The Morgan fingerprint density at radius 1 is 0.826 bits per heavy atom. The van der Waals surface area contributed by atoms with Crippen molar-refractivity contribution >= 4 is 22.1 Å². The van der Waals surface area contributed by atoms with Gasteiger partial charge in [0.25, 0.3) is 0 Å². The molecule has 0 atom stereocenters.